The second-order valence-corrected chi connectivity index (χ2v) is 0.907. The standard InChI is InChI=1S/C3H10N4/c1-4-3-6-7-5-2/h3,5,7H,1-2H3,(H,4,6). The van der Waals surface area contributed by atoms with E-state index < -0.39 is 0 Å². The van der Waals surface area contributed by atoms with Crippen molar-refractivity contribution >= 4 is 6.34 Å². The van der Waals surface area contributed by atoms with Gasteiger partial charge in [-0.25, -0.2) is 5.43 Å². The summed E-state index contributed by atoms with van der Waals surface area (Å²) in [7, 11) is 3.45. The molecule has 0 aliphatic rings. The van der Waals surface area contributed by atoms with Crippen molar-refractivity contribution in [2.75, 3.05) is 14.1 Å². The van der Waals surface area contributed by atoms with Gasteiger partial charge in [0.25, 0.3) is 0 Å². The van der Waals surface area contributed by atoms with Gasteiger partial charge in [0.05, 0.1) is 6.34 Å². The Hall–Kier alpha value is -0.610. The molecule has 0 heterocycles. The van der Waals surface area contributed by atoms with Crippen molar-refractivity contribution in [1.29, 1.82) is 0 Å². The maximum atomic E-state index is 3.63. The highest BCUT2D eigenvalue weighted by Gasteiger charge is 1.62. The maximum absolute atomic E-state index is 3.63. The first-order valence-electron chi connectivity index (χ1n) is 1.99. The third kappa shape index (κ3) is 5.39. The van der Waals surface area contributed by atoms with Crippen molar-refractivity contribution in [2.45, 2.75) is 0 Å². The summed E-state index contributed by atoms with van der Waals surface area (Å²) in [6.45, 7) is 0. The lowest BCUT2D eigenvalue weighted by Crippen LogP contribution is -2.39. The Morgan fingerprint density at radius 1 is 1.57 bits per heavy atom. The Bertz CT molecular complexity index is 50.9. The van der Waals surface area contributed by atoms with E-state index in [9.17, 15) is 0 Å². The van der Waals surface area contributed by atoms with Gasteiger partial charge in [-0.15, -0.1) is 0 Å². The topological polar surface area (TPSA) is 48.5 Å². The minimum Gasteiger partial charge on any atom is -0.299 e. The maximum Gasteiger partial charge on any atom is 0.0973 e. The molecule has 0 saturated heterocycles. The number of rotatable bonds is 3. The molecule has 0 aliphatic carbocycles. The van der Waals surface area contributed by atoms with Crippen LogP contribution in [0.2, 0.25) is 0 Å². The highest BCUT2D eigenvalue weighted by molar-refractivity contribution is 5.52. The van der Waals surface area contributed by atoms with Gasteiger partial charge in [0.15, 0.2) is 0 Å². The Morgan fingerprint density at radius 3 is 2.71 bits per heavy atom. The molecule has 42 valence electrons. The van der Waals surface area contributed by atoms with E-state index >= 15 is 0 Å². The molecule has 0 aliphatic heterocycles. The van der Waals surface area contributed by atoms with Crippen LogP contribution in [0.3, 0.4) is 0 Å². The molecule has 0 aromatic rings. The third-order valence-electron chi connectivity index (χ3n) is 0.391. The highest BCUT2D eigenvalue weighted by Crippen LogP contribution is 1.37. The molecule has 0 amide bonds. The van der Waals surface area contributed by atoms with Crippen LogP contribution in [0, 0.1) is 0 Å². The second kappa shape index (κ2) is 5.39. The molecule has 4 nitrogen and oxygen atoms in total. The highest BCUT2D eigenvalue weighted by atomic mass is 15.6. The molecule has 0 saturated carbocycles. The molecule has 0 unspecified atom stereocenters. The normalized spacial score (nSPS) is 10.0. The van der Waals surface area contributed by atoms with E-state index in [-0.39, 0.29) is 0 Å². The molecule has 0 aromatic heterocycles. The molecular formula is C3H10N4. The lowest BCUT2D eigenvalue weighted by atomic mass is 11.2. The van der Waals surface area contributed by atoms with E-state index in [1.807, 2.05) is 0 Å². The summed E-state index contributed by atoms with van der Waals surface area (Å²) in [5, 5.41) is 0. The predicted molar refractivity (Wildman–Crippen MR) is 29.7 cm³/mol. The Kier molecular flexibility index (Phi) is 4.92. The van der Waals surface area contributed by atoms with E-state index in [2.05, 4.69) is 21.4 Å². The van der Waals surface area contributed by atoms with E-state index in [1.54, 1.807) is 14.1 Å². The van der Waals surface area contributed by atoms with Crippen LogP contribution in [0.5, 0.6) is 0 Å². The summed E-state index contributed by atoms with van der Waals surface area (Å²) < 4.78 is 0. The second-order valence-electron chi connectivity index (χ2n) is 0.907. The van der Waals surface area contributed by atoms with Gasteiger partial charge in [0.1, 0.15) is 0 Å². The van der Waals surface area contributed by atoms with Crippen molar-refractivity contribution < 1.29 is 0 Å². The summed E-state index contributed by atoms with van der Waals surface area (Å²) >= 11 is 0. The number of nitrogens with zero attached hydrogens (tertiary/aromatic N) is 1. The summed E-state index contributed by atoms with van der Waals surface area (Å²) in [5.74, 6) is 0. The van der Waals surface area contributed by atoms with Crippen LogP contribution in [0.15, 0.2) is 4.99 Å². The molecule has 0 spiro atoms. The third-order valence-corrected chi connectivity index (χ3v) is 0.391. The van der Waals surface area contributed by atoms with Crippen molar-refractivity contribution in [3.8, 4) is 0 Å². The first-order valence-corrected chi connectivity index (χ1v) is 1.99. The summed E-state index contributed by atoms with van der Waals surface area (Å²) in [6, 6.07) is 0. The number of hydrazine groups is 2. The fourth-order valence-corrected chi connectivity index (χ4v) is 0.169. The molecule has 0 rings (SSSR count). The number of nitrogens with one attached hydrogen (secondary N) is 3. The van der Waals surface area contributed by atoms with Crippen LogP contribution in [-0.4, -0.2) is 20.4 Å². The zero-order valence-electron chi connectivity index (χ0n) is 4.52. The Morgan fingerprint density at radius 2 is 2.29 bits per heavy atom. The van der Waals surface area contributed by atoms with Gasteiger partial charge in [0.2, 0.25) is 0 Å². The van der Waals surface area contributed by atoms with Gasteiger partial charge >= 0.3 is 0 Å². The van der Waals surface area contributed by atoms with E-state index in [1.165, 1.54) is 6.34 Å². The summed E-state index contributed by atoms with van der Waals surface area (Å²) in [5.41, 5.74) is 7.88. The van der Waals surface area contributed by atoms with Crippen LogP contribution in [-0.2, 0) is 0 Å². The average molecular weight is 102 g/mol. The minimum atomic E-state index is 1.54. The van der Waals surface area contributed by atoms with Crippen molar-refractivity contribution in [2.24, 2.45) is 4.99 Å². The average Bonchev–Trinajstić information content (AvgIpc) is 1.69. The lowest BCUT2D eigenvalue weighted by molar-refractivity contribution is 0.568. The SMILES string of the molecule is CN=CNNNC. The fraction of sp³-hybridized carbons (Fsp3) is 0.667. The molecule has 7 heavy (non-hydrogen) atoms. The number of aliphatic imine (C=N–C) groups is 1. The van der Waals surface area contributed by atoms with Crippen molar-refractivity contribution in [3.05, 3.63) is 0 Å². The smallest absolute Gasteiger partial charge is 0.0973 e. The lowest BCUT2D eigenvalue weighted by Gasteiger charge is -1.96. The molecule has 0 atom stereocenters. The van der Waals surface area contributed by atoms with Crippen molar-refractivity contribution in [3.63, 3.8) is 0 Å². The first kappa shape index (κ1) is 6.39. The predicted octanol–water partition coefficient (Wildman–Crippen LogP) is -1.13. The van der Waals surface area contributed by atoms with Crippen LogP contribution in [0.25, 0.3) is 0 Å². The summed E-state index contributed by atoms with van der Waals surface area (Å²) in [4.78, 5) is 3.63. The van der Waals surface area contributed by atoms with Gasteiger partial charge in [-0.2, -0.15) is 5.53 Å². The van der Waals surface area contributed by atoms with Gasteiger partial charge in [-0.1, -0.05) is 0 Å². The molecule has 3 N–H and O–H groups in total. The Balaban J connectivity index is 2.69. The van der Waals surface area contributed by atoms with Gasteiger partial charge in [-0.3, -0.25) is 10.4 Å². The molecule has 0 aromatic carbocycles. The number of hydrogen-bond donors (Lipinski definition) is 3. The summed E-state index contributed by atoms with van der Waals surface area (Å²) in [6.07, 6.45) is 1.54. The van der Waals surface area contributed by atoms with Crippen LogP contribution >= 0.6 is 0 Å². The van der Waals surface area contributed by atoms with E-state index in [4.69, 9.17) is 0 Å². The van der Waals surface area contributed by atoms with Crippen LogP contribution in [0.1, 0.15) is 0 Å². The molecule has 0 fully saturated rings. The van der Waals surface area contributed by atoms with Gasteiger partial charge in [0, 0.05) is 14.1 Å². The van der Waals surface area contributed by atoms with Crippen LogP contribution in [0.4, 0.5) is 0 Å². The molecule has 0 radical (unpaired) electrons. The minimum absolute atomic E-state index is 1.54. The zero-order valence-corrected chi connectivity index (χ0v) is 4.52. The van der Waals surface area contributed by atoms with Gasteiger partial charge < -0.3 is 0 Å². The largest absolute Gasteiger partial charge is 0.299 e. The molecular weight excluding hydrogens is 92.1 g/mol. The number of hydrogen-bond acceptors (Lipinski definition) is 3. The van der Waals surface area contributed by atoms with Gasteiger partial charge in [-0.05, 0) is 0 Å². The fourth-order valence-electron chi connectivity index (χ4n) is 0.169. The molecule has 0 bridgehead atoms. The Labute approximate surface area is 43.0 Å². The van der Waals surface area contributed by atoms with Crippen LogP contribution < -0.4 is 16.4 Å². The first-order chi connectivity index (χ1) is 3.41. The van der Waals surface area contributed by atoms with Crippen molar-refractivity contribution in [1.82, 2.24) is 16.4 Å². The van der Waals surface area contributed by atoms with E-state index in [0.717, 1.165) is 0 Å². The zero-order chi connectivity index (χ0) is 5.54. The van der Waals surface area contributed by atoms with E-state index in [0.29, 0.717) is 0 Å². The quantitative estimate of drug-likeness (QED) is 0.183. The molecule has 4 heteroatoms. The monoisotopic (exact) mass is 102 g/mol.